The molecule has 110 valence electrons. The topological polar surface area (TPSA) is 80.9 Å². The number of amides is 1. The van der Waals surface area contributed by atoms with E-state index in [1.807, 2.05) is 0 Å². The second kappa shape index (κ2) is 5.88. The predicted molar refractivity (Wildman–Crippen MR) is 69.3 cm³/mol. The lowest BCUT2D eigenvalue weighted by atomic mass is 10.1. The van der Waals surface area contributed by atoms with Crippen LogP contribution >= 0.6 is 0 Å². The number of aromatic nitrogens is 2. The molecule has 0 spiro atoms. The molecule has 2 aromatic rings. The van der Waals surface area contributed by atoms with Crippen LogP contribution in [0.1, 0.15) is 21.5 Å². The molecule has 0 saturated carbocycles. The molecule has 3 N–H and O–H groups in total. The number of hydrogen-bond acceptors (Lipinski definition) is 4. The number of nitrogens with zero attached hydrogens (tertiary/aromatic N) is 2. The zero-order valence-corrected chi connectivity index (χ0v) is 10.7. The van der Waals surface area contributed by atoms with Gasteiger partial charge in [-0.2, -0.15) is 23.4 Å². The monoisotopic (exact) mass is 296 g/mol. The van der Waals surface area contributed by atoms with Gasteiger partial charge in [-0.25, -0.2) is 0 Å². The first-order valence-electron chi connectivity index (χ1n) is 5.90. The van der Waals surface area contributed by atoms with Gasteiger partial charge in [0.25, 0.3) is 5.91 Å². The van der Waals surface area contributed by atoms with Crippen molar-refractivity contribution < 1.29 is 18.0 Å². The first-order chi connectivity index (χ1) is 9.91. The number of rotatable bonds is 3. The van der Waals surface area contributed by atoms with Crippen molar-refractivity contribution >= 4 is 11.6 Å². The number of nitrogens with two attached hydrogens (primary N) is 1. The van der Waals surface area contributed by atoms with E-state index in [0.29, 0.717) is 0 Å². The summed E-state index contributed by atoms with van der Waals surface area (Å²) in [7, 11) is 0. The molecule has 0 saturated heterocycles. The normalized spacial score (nSPS) is 11.2. The van der Waals surface area contributed by atoms with E-state index in [-0.39, 0.29) is 23.4 Å². The second-order valence-electron chi connectivity index (χ2n) is 4.16. The smallest absolute Gasteiger partial charge is 0.326 e. The largest absolute Gasteiger partial charge is 0.416 e. The first kappa shape index (κ1) is 14.9. The van der Waals surface area contributed by atoms with Gasteiger partial charge >= 0.3 is 6.18 Å². The van der Waals surface area contributed by atoms with Gasteiger partial charge in [-0.05, 0) is 23.8 Å². The van der Waals surface area contributed by atoms with E-state index in [9.17, 15) is 18.0 Å². The molecule has 1 heterocycles. The Hall–Kier alpha value is -2.48. The summed E-state index contributed by atoms with van der Waals surface area (Å²) in [5.41, 5.74) is 4.61. The third kappa shape index (κ3) is 3.54. The van der Waals surface area contributed by atoms with Crippen LogP contribution in [-0.4, -0.2) is 16.1 Å². The highest BCUT2D eigenvalue weighted by Crippen LogP contribution is 2.33. The van der Waals surface area contributed by atoms with Crippen molar-refractivity contribution in [2.75, 3.05) is 5.32 Å². The van der Waals surface area contributed by atoms with E-state index in [0.717, 1.165) is 6.07 Å². The van der Waals surface area contributed by atoms with Gasteiger partial charge in [0.1, 0.15) is 0 Å². The molecule has 0 aliphatic heterocycles. The molecule has 5 nitrogen and oxygen atoms in total. The summed E-state index contributed by atoms with van der Waals surface area (Å²) < 4.78 is 38.7. The average molecular weight is 296 g/mol. The maximum atomic E-state index is 12.9. The van der Waals surface area contributed by atoms with Crippen LogP contribution in [0.5, 0.6) is 0 Å². The highest BCUT2D eigenvalue weighted by molar-refractivity contribution is 6.04. The Kier molecular flexibility index (Phi) is 4.18. The molecule has 21 heavy (non-hydrogen) atoms. The minimum absolute atomic E-state index is 0.0290. The third-order valence-electron chi connectivity index (χ3n) is 2.74. The van der Waals surface area contributed by atoms with Crippen molar-refractivity contribution in [3.8, 4) is 0 Å². The lowest BCUT2D eigenvalue weighted by Crippen LogP contribution is -2.15. The van der Waals surface area contributed by atoms with Crippen LogP contribution in [0.4, 0.5) is 18.9 Å². The summed E-state index contributed by atoms with van der Waals surface area (Å²) in [5, 5.41) is 9.41. The number of hydrogen-bond donors (Lipinski definition) is 2. The molecule has 8 heteroatoms. The van der Waals surface area contributed by atoms with E-state index in [1.165, 1.54) is 30.6 Å². The number of benzene rings is 1. The van der Waals surface area contributed by atoms with E-state index in [1.54, 1.807) is 0 Å². The molecule has 0 bridgehead atoms. The third-order valence-corrected chi connectivity index (χ3v) is 2.74. The zero-order chi connectivity index (χ0) is 15.5. The Morgan fingerprint density at radius 3 is 2.57 bits per heavy atom. The maximum Gasteiger partial charge on any atom is 0.416 e. The Morgan fingerprint density at radius 1 is 1.24 bits per heavy atom. The van der Waals surface area contributed by atoms with Gasteiger partial charge in [0.15, 0.2) is 0 Å². The number of alkyl halides is 3. The SMILES string of the molecule is NCc1ccc(NC(=O)c2ccnnc2)cc1C(F)(F)F. The number of carbonyl (C=O) groups is 1. The molecule has 0 unspecified atom stereocenters. The van der Waals surface area contributed by atoms with Gasteiger partial charge < -0.3 is 11.1 Å². The molecular formula is C13H11F3N4O. The van der Waals surface area contributed by atoms with Gasteiger partial charge in [0, 0.05) is 12.2 Å². The van der Waals surface area contributed by atoms with E-state index < -0.39 is 17.6 Å². The Morgan fingerprint density at radius 2 is 2.00 bits per heavy atom. The van der Waals surface area contributed by atoms with Crippen LogP contribution in [0.2, 0.25) is 0 Å². The van der Waals surface area contributed by atoms with E-state index in [4.69, 9.17) is 5.73 Å². The molecule has 0 aliphatic rings. The van der Waals surface area contributed by atoms with Crippen LogP contribution in [0.25, 0.3) is 0 Å². The highest BCUT2D eigenvalue weighted by atomic mass is 19.4. The summed E-state index contributed by atoms with van der Waals surface area (Å²) in [4.78, 5) is 11.8. The van der Waals surface area contributed by atoms with E-state index >= 15 is 0 Å². The summed E-state index contributed by atoms with van der Waals surface area (Å²) >= 11 is 0. The van der Waals surface area contributed by atoms with Crippen molar-refractivity contribution in [2.24, 2.45) is 5.73 Å². The summed E-state index contributed by atoms with van der Waals surface area (Å²) in [6, 6.07) is 4.86. The molecule has 0 fully saturated rings. The van der Waals surface area contributed by atoms with E-state index in [2.05, 4.69) is 15.5 Å². The Balaban J connectivity index is 2.28. The van der Waals surface area contributed by atoms with Crippen molar-refractivity contribution in [3.63, 3.8) is 0 Å². The predicted octanol–water partition coefficient (Wildman–Crippen LogP) is 2.21. The fraction of sp³-hybridized carbons (Fsp3) is 0.154. The molecule has 0 atom stereocenters. The van der Waals surface area contributed by atoms with Crippen LogP contribution < -0.4 is 11.1 Å². The van der Waals surface area contributed by atoms with Gasteiger partial charge in [0.2, 0.25) is 0 Å². The molecule has 1 aromatic heterocycles. The first-order valence-corrected chi connectivity index (χ1v) is 5.90. The minimum atomic E-state index is -4.53. The Bertz CT molecular complexity index is 644. The summed E-state index contributed by atoms with van der Waals surface area (Å²) in [5.74, 6) is -0.571. The molecular weight excluding hydrogens is 285 g/mol. The Labute approximate surface area is 118 Å². The standard InChI is InChI=1S/C13H11F3N4O/c14-13(15,16)11-5-10(2-1-8(11)6-17)20-12(21)9-3-4-18-19-7-9/h1-5,7H,6,17H2,(H,20,21). The van der Waals surface area contributed by atoms with Crippen LogP contribution in [0.15, 0.2) is 36.7 Å². The number of anilines is 1. The molecule has 2 rings (SSSR count). The highest BCUT2D eigenvalue weighted by Gasteiger charge is 2.33. The van der Waals surface area contributed by atoms with Crippen LogP contribution in [0.3, 0.4) is 0 Å². The lowest BCUT2D eigenvalue weighted by molar-refractivity contribution is -0.138. The number of halogens is 3. The lowest BCUT2D eigenvalue weighted by Gasteiger charge is -2.14. The second-order valence-corrected chi connectivity index (χ2v) is 4.16. The minimum Gasteiger partial charge on any atom is -0.326 e. The van der Waals surface area contributed by atoms with Crippen molar-refractivity contribution in [1.29, 1.82) is 0 Å². The fourth-order valence-corrected chi connectivity index (χ4v) is 1.72. The summed E-state index contributed by atoms with van der Waals surface area (Å²) in [6.45, 7) is -0.239. The van der Waals surface area contributed by atoms with Crippen LogP contribution in [0, 0.1) is 0 Å². The van der Waals surface area contributed by atoms with Crippen molar-refractivity contribution in [3.05, 3.63) is 53.3 Å². The molecule has 0 radical (unpaired) electrons. The van der Waals surface area contributed by atoms with Crippen LogP contribution in [-0.2, 0) is 12.7 Å². The zero-order valence-electron chi connectivity index (χ0n) is 10.7. The van der Waals surface area contributed by atoms with Gasteiger partial charge in [-0.3, -0.25) is 4.79 Å². The van der Waals surface area contributed by atoms with Crippen molar-refractivity contribution in [1.82, 2.24) is 10.2 Å². The number of carbonyl (C=O) groups excluding carboxylic acids is 1. The molecule has 1 aromatic carbocycles. The van der Waals surface area contributed by atoms with Gasteiger partial charge in [-0.1, -0.05) is 6.07 Å². The van der Waals surface area contributed by atoms with Gasteiger partial charge in [-0.15, -0.1) is 0 Å². The molecule has 1 amide bonds. The fourth-order valence-electron chi connectivity index (χ4n) is 1.72. The number of nitrogens with one attached hydrogen (secondary N) is 1. The van der Waals surface area contributed by atoms with Gasteiger partial charge in [0.05, 0.1) is 23.5 Å². The van der Waals surface area contributed by atoms with Crippen molar-refractivity contribution in [2.45, 2.75) is 12.7 Å². The maximum absolute atomic E-state index is 12.9. The quantitative estimate of drug-likeness (QED) is 0.910. The average Bonchev–Trinajstić information content (AvgIpc) is 2.47. The molecule has 0 aliphatic carbocycles. The summed E-state index contributed by atoms with van der Waals surface area (Å²) in [6.07, 6.45) is -2.00.